The molecule has 1 aromatic heterocycles. The van der Waals surface area contributed by atoms with Crippen LogP contribution in [0, 0.1) is 0 Å². The normalized spacial score (nSPS) is 15.2. The highest BCUT2D eigenvalue weighted by Gasteiger charge is 2.33. The van der Waals surface area contributed by atoms with E-state index in [-0.39, 0.29) is 11.9 Å². The summed E-state index contributed by atoms with van der Waals surface area (Å²) in [6.45, 7) is 3.11. The number of nitrogens with zero attached hydrogens (tertiary/aromatic N) is 1. The van der Waals surface area contributed by atoms with Gasteiger partial charge in [-0.2, -0.15) is 0 Å². The average molecular weight is 438 g/mol. The first kappa shape index (κ1) is 19.1. The van der Waals surface area contributed by atoms with Crippen LogP contribution in [0.3, 0.4) is 0 Å². The van der Waals surface area contributed by atoms with Crippen LogP contribution in [0.1, 0.15) is 35.4 Å². The van der Waals surface area contributed by atoms with Crippen molar-refractivity contribution in [2.75, 3.05) is 13.7 Å². The minimum absolute atomic E-state index is 0.235. The Labute approximate surface area is 165 Å². The van der Waals surface area contributed by atoms with Crippen molar-refractivity contribution in [1.29, 1.82) is 0 Å². The smallest absolute Gasteiger partial charge is 0.327 e. The number of carbonyl (C=O) groups excluding carboxylic acids is 2. The van der Waals surface area contributed by atoms with Gasteiger partial charge in [0.05, 0.1) is 7.11 Å². The first-order valence-electron chi connectivity index (χ1n) is 8.42. The summed E-state index contributed by atoms with van der Waals surface area (Å²) < 4.78 is 11.3. The van der Waals surface area contributed by atoms with E-state index in [1.807, 2.05) is 30.3 Å². The van der Waals surface area contributed by atoms with Crippen molar-refractivity contribution < 1.29 is 19.1 Å². The predicted molar refractivity (Wildman–Crippen MR) is 103 cm³/mol. The summed E-state index contributed by atoms with van der Waals surface area (Å²) in [7, 11) is 1.41. The van der Waals surface area contributed by atoms with Crippen LogP contribution in [0.2, 0.25) is 0 Å². The molecule has 2 aromatic rings. The number of carbonyl (C=O) groups is 2. The number of hydrogen-bond acceptors (Lipinski definition) is 6. The van der Waals surface area contributed by atoms with Gasteiger partial charge in [0.25, 0.3) is 0 Å². The van der Waals surface area contributed by atoms with Gasteiger partial charge in [0.15, 0.2) is 5.06 Å². The Kier molecular flexibility index (Phi) is 6.11. The third kappa shape index (κ3) is 4.00. The molecule has 0 unspecified atom stereocenters. The zero-order valence-corrected chi connectivity index (χ0v) is 17.1. The van der Waals surface area contributed by atoms with Crippen molar-refractivity contribution in [3.05, 3.63) is 50.8 Å². The molecule has 0 amide bonds. The molecular weight excluding hydrogens is 418 g/mol. The second-order valence-electron chi connectivity index (χ2n) is 6.01. The summed E-state index contributed by atoms with van der Waals surface area (Å²) in [6.07, 6.45) is 1.16. The van der Waals surface area contributed by atoms with Crippen LogP contribution in [-0.2, 0) is 27.3 Å². The Balaban J connectivity index is 1.86. The van der Waals surface area contributed by atoms with Gasteiger partial charge in [0.1, 0.15) is 6.04 Å². The summed E-state index contributed by atoms with van der Waals surface area (Å²) in [5.41, 5.74) is 1.98. The van der Waals surface area contributed by atoms with E-state index >= 15 is 0 Å². The van der Waals surface area contributed by atoms with Crippen molar-refractivity contribution in [3.63, 3.8) is 0 Å². The Bertz CT molecular complexity index is 820. The molecule has 0 bridgehead atoms. The lowest BCUT2D eigenvalue weighted by Gasteiger charge is -2.33. The lowest BCUT2D eigenvalue weighted by atomic mass is 10.0. The second-order valence-corrected chi connectivity index (χ2v) is 7.96. The minimum atomic E-state index is -0.481. The lowest BCUT2D eigenvalue weighted by molar-refractivity contribution is -0.147. The summed E-state index contributed by atoms with van der Waals surface area (Å²) in [6, 6.07) is 9.12. The fourth-order valence-electron chi connectivity index (χ4n) is 3.06. The highest BCUT2D eigenvalue weighted by Crippen LogP contribution is 2.37. The summed E-state index contributed by atoms with van der Waals surface area (Å²) in [5.74, 6) is -0.519. The number of methoxy groups -OCH3 is 1. The molecule has 7 heteroatoms. The molecule has 5 nitrogen and oxygen atoms in total. The largest absolute Gasteiger partial charge is 0.468 e. The molecule has 0 spiro atoms. The van der Waals surface area contributed by atoms with E-state index < -0.39 is 6.04 Å². The molecule has 1 atom stereocenters. The van der Waals surface area contributed by atoms with E-state index in [0.29, 0.717) is 18.0 Å². The fourth-order valence-corrected chi connectivity index (χ4v) is 4.59. The number of halogens is 1. The number of fused-ring (bicyclic) bond motifs is 1. The number of hydrogen-bond donors (Lipinski definition) is 0. The molecule has 1 aliphatic rings. The molecule has 0 aliphatic carbocycles. The average Bonchev–Trinajstić information content (AvgIpc) is 3.04. The van der Waals surface area contributed by atoms with Crippen LogP contribution in [-0.4, -0.2) is 30.5 Å². The van der Waals surface area contributed by atoms with E-state index in [9.17, 15) is 9.59 Å². The maximum atomic E-state index is 12.5. The van der Waals surface area contributed by atoms with Gasteiger partial charge in [-0.3, -0.25) is 9.69 Å². The van der Waals surface area contributed by atoms with Crippen molar-refractivity contribution in [2.24, 2.45) is 0 Å². The molecule has 26 heavy (non-hydrogen) atoms. The maximum Gasteiger partial charge on any atom is 0.327 e. The van der Waals surface area contributed by atoms with Gasteiger partial charge >= 0.3 is 11.9 Å². The Morgan fingerprint density at radius 1 is 1.35 bits per heavy atom. The molecule has 3 rings (SSSR count). The zero-order valence-electron chi connectivity index (χ0n) is 14.7. The molecule has 1 aromatic carbocycles. The Hall–Kier alpha value is -1.70. The Morgan fingerprint density at radius 3 is 2.81 bits per heavy atom. The Morgan fingerprint density at radius 2 is 2.12 bits per heavy atom. The molecule has 0 saturated heterocycles. The monoisotopic (exact) mass is 437 g/mol. The van der Waals surface area contributed by atoms with Gasteiger partial charge in [-0.25, -0.2) is 4.79 Å². The topological polar surface area (TPSA) is 55.8 Å². The van der Waals surface area contributed by atoms with Crippen LogP contribution >= 0.6 is 27.3 Å². The van der Waals surface area contributed by atoms with E-state index in [1.54, 1.807) is 6.92 Å². The SMILES string of the molecule is CCC(=O)Oc1cc2c(s1)CCN([C@H](C(=O)OC)c1ccccc1Br)C2. The van der Waals surface area contributed by atoms with Gasteiger partial charge < -0.3 is 9.47 Å². The van der Waals surface area contributed by atoms with Gasteiger partial charge in [-0.05, 0) is 29.7 Å². The number of thiophene rings is 1. The van der Waals surface area contributed by atoms with Crippen LogP contribution in [0.5, 0.6) is 5.06 Å². The zero-order chi connectivity index (χ0) is 18.7. The quantitative estimate of drug-likeness (QED) is 0.658. The van der Waals surface area contributed by atoms with Crippen molar-refractivity contribution >= 4 is 39.2 Å². The van der Waals surface area contributed by atoms with E-state index in [2.05, 4.69) is 20.8 Å². The van der Waals surface area contributed by atoms with Crippen LogP contribution in [0.15, 0.2) is 34.8 Å². The highest BCUT2D eigenvalue weighted by molar-refractivity contribution is 9.10. The predicted octanol–water partition coefficient (Wildman–Crippen LogP) is 4.10. The van der Waals surface area contributed by atoms with Gasteiger partial charge in [0, 0.05) is 28.9 Å². The summed E-state index contributed by atoms with van der Waals surface area (Å²) in [5, 5.41) is 0.624. The molecule has 2 heterocycles. The number of rotatable bonds is 5. The molecule has 0 N–H and O–H groups in total. The van der Waals surface area contributed by atoms with Crippen molar-refractivity contribution in [3.8, 4) is 5.06 Å². The second kappa shape index (κ2) is 8.33. The number of esters is 2. The fraction of sp³-hybridized carbons (Fsp3) is 0.368. The number of benzene rings is 1. The lowest BCUT2D eigenvalue weighted by Crippen LogP contribution is -2.38. The maximum absolute atomic E-state index is 12.5. The molecule has 0 saturated carbocycles. The molecule has 0 fully saturated rings. The van der Waals surface area contributed by atoms with Crippen molar-refractivity contribution in [1.82, 2.24) is 4.90 Å². The molecule has 0 radical (unpaired) electrons. The highest BCUT2D eigenvalue weighted by atomic mass is 79.9. The first-order valence-corrected chi connectivity index (χ1v) is 10.0. The molecule has 138 valence electrons. The van der Waals surface area contributed by atoms with Crippen LogP contribution < -0.4 is 4.74 Å². The van der Waals surface area contributed by atoms with Crippen molar-refractivity contribution in [2.45, 2.75) is 32.4 Å². The molecular formula is C19H20BrNO4S. The van der Waals surface area contributed by atoms with Gasteiger partial charge in [-0.15, -0.1) is 11.3 Å². The summed E-state index contributed by atoms with van der Waals surface area (Å²) in [4.78, 5) is 27.3. The standard InChI is InChI=1S/C19H20BrNO4S/c1-3-16(22)25-17-10-12-11-21(9-8-15(12)26-17)18(19(23)24-2)13-6-4-5-7-14(13)20/h4-7,10,18H,3,8-9,11H2,1-2H3/t18-/m0/s1. The van der Waals surface area contributed by atoms with Gasteiger partial charge in [-0.1, -0.05) is 41.1 Å². The van der Waals surface area contributed by atoms with E-state index in [4.69, 9.17) is 9.47 Å². The third-order valence-corrected chi connectivity index (χ3v) is 6.20. The van der Waals surface area contributed by atoms with E-state index in [0.717, 1.165) is 28.6 Å². The van der Waals surface area contributed by atoms with Gasteiger partial charge in [0.2, 0.25) is 0 Å². The molecule has 1 aliphatic heterocycles. The third-order valence-electron chi connectivity index (χ3n) is 4.37. The summed E-state index contributed by atoms with van der Waals surface area (Å²) >= 11 is 5.05. The minimum Gasteiger partial charge on any atom is -0.468 e. The van der Waals surface area contributed by atoms with E-state index in [1.165, 1.54) is 23.3 Å². The van der Waals surface area contributed by atoms with Crippen LogP contribution in [0.4, 0.5) is 0 Å². The number of ether oxygens (including phenoxy) is 2. The van der Waals surface area contributed by atoms with Crippen LogP contribution in [0.25, 0.3) is 0 Å². The first-order chi connectivity index (χ1) is 12.5.